The van der Waals surface area contributed by atoms with Gasteiger partial charge in [0.2, 0.25) is 0 Å². The summed E-state index contributed by atoms with van der Waals surface area (Å²) in [5.41, 5.74) is 2.97. The summed E-state index contributed by atoms with van der Waals surface area (Å²) in [5, 5.41) is 2.83. The fourth-order valence-electron chi connectivity index (χ4n) is 2.77. The smallest absolute Gasteiger partial charge is 0.265 e. The predicted molar refractivity (Wildman–Crippen MR) is 104 cm³/mol. The summed E-state index contributed by atoms with van der Waals surface area (Å²) >= 11 is 0. The fraction of sp³-hybridized carbons (Fsp3) is 0.381. The van der Waals surface area contributed by atoms with Gasteiger partial charge in [0, 0.05) is 6.07 Å². The zero-order chi connectivity index (χ0) is 19.3. The van der Waals surface area contributed by atoms with Crippen molar-refractivity contribution in [2.24, 2.45) is 0 Å². The van der Waals surface area contributed by atoms with Crippen molar-refractivity contribution in [3.8, 4) is 17.2 Å². The molecule has 1 N–H and O–H groups in total. The van der Waals surface area contributed by atoms with Gasteiger partial charge in [0.05, 0.1) is 19.9 Å². The Labute approximate surface area is 155 Å². The lowest BCUT2D eigenvalue weighted by Gasteiger charge is -2.18. The molecule has 0 heterocycles. The Balaban J connectivity index is 2.09. The van der Waals surface area contributed by atoms with Crippen molar-refractivity contribution in [3.05, 3.63) is 47.5 Å². The van der Waals surface area contributed by atoms with Gasteiger partial charge in [-0.25, -0.2) is 0 Å². The SMILES string of the molecule is COc1ccc(OC)c(NC(=O)C(C)Oc2ccc(C(C)C)c(C)c2)c1. The molecule has 0 aliphatic rings. The van der Waals surface area contributed by atoms with Crippen LogP contribution in [0.4, 0.5) is 5.69 Å². The molecule has 5 nitrogen and oxygen atoms in total. The highest BCUT2D eigenvalue weighted by Gasteiger charge is 2.18. The van der Waals surface area contributed by atoms with Crippen molar-refractivity contribution < 1.29 is 19.0 Å². The molecule has 0 bridgehead atoms. The Bertz CT molecular complexity index is 771. The first-order valence-corrected chi connectivity index (χ1v) is 8.65. The van der Waals surface area contributed by atoms with Crippen molar-refractivity contribution >= 4 is 11.6 Å². The summed E-state index contributed by atoms with van der Waals surface area (Å²) in [6, 6.07) is 11.1. The second kappa shape index (κ2) is 8.61. The van der Waals surface area contributed by atoms with E-state index in [0.717, 1.165) is 5.56 Å². The number of hydrogen-bond donors (Lipinski definition) is 1. The third kappa shape index (κ3) is 4.69. The van der Waals surface area contributed by atoms with E-state index < -0.39 is 6.10 Å². The molecule has 1 amide bonds. The number of methoxy groups -OCH3 is 2. The molecule has 0 fully saturated rings. The van der Waals surface area contributed by atoms with Crippen LogP contribution in [0.1, 0.15) is 37.8 Å². The van der Waals surface area contributed by atoms with Gasteiger partial charge < -0.3 is 19.5 Å². The summed E-state index contributed by atoms with van der Waals surface area (Å²) in [5.74, 6) is 2.05. The van der Waals surface area contributed by atoms with E-state index in [9.17, 15) is 4.79 Å². The van der Waals surface area contributed by atoms with E-state index in [2.05, 4.69) is 19.2 Å². The normalized spacial score (nSPS) is 11.8. The molecule has 5 heteroatoms. The molecule has 2 aromatic rings. The van der Waals surface area contributed by atoms with Gasteiger partial charge in [-0.1, -0.05) is 19.9 Å². The van der Waals surface area contributed by atoms with E-state index in [-0.39, 0.29) is 5.91 Å². The number of amides is 1. The van der Waals surface area contributed by atoms with Gasteiger partial charge in [0.25, 0.3) is 5.91 Å². The van der Waals surface area contributed by atoms with E-state index in [1.54, 1.807) is 39.3 Å². The van der Waals surface area contributed by atoms with Crippen LogP contribution in [0.3, 0.4) is 0 Å². The van der Waals surface area contributed by atoms with Gasteiger partial charge in [-0.05, 0) is 55.2 Å². The van der Waals surface area contributed by atoms with Gasteiger partial charge in [-0.2, -0.15) is 0 Å². The van der Waals surface area contributed by atoms with Gasteiger partial charge >= 0.3 is 0 Å². The first-order valence-electron chi connectivity index (χ1n) is 8.65. The zero-order valence-corrected chi connectivity index (χ0v) is 16.3. The minimum atomic E-state index is -0.657. The average molecular weight is 357 g/mol. The Hall–Kier alpha value is -2.69. The van der Waals surface area contributed by atoms with Crippen LogP contribution in [0.2, 0.25) is 0 Å². The molecule has 2 rings (SSSR count). The third-order valence-electron chi connectivity index (χ3n) is 4.21. The van der Waals surface area contributed by atoms with Crippen molar-refractivity contribution in [2.75, 3.05) is 19.5 Å². The summed E-state index contributed by atoms with van der Waals surface area (Å²) in [6.45, 7) is 8.07. The maximum atomic E-state index is 12.5. The summed E-state index contributed by atoms with van der Waals surface area (Å²) in [6.07, 6.45) is -0.657. The molecule has 0 aliphatic heterocycles. The maximum Gasteiger partial charge on any atom is 0.265 e. The van der Waals surface area contributed by atoms with Crippen molar-refractivity contribution in [3.63, 3.8) is 0 Å². The number of carbonyl (C=O) groups is 1. The Kier molecular flexibility index (Phi) is 6.50. The Morgan fingerprint density at radius 2 is 1.65 bits per heavy atom. The van der Waals surface area contributed by atoms with Gasteiger partial charge in [-0.15, -0.1) is 0 Å². The Morgan fingerprint density at radius 3 is 2.23 bits per heavy atom. The lowest BCUT2D eigenvalue weighted by molar-refractivity contribution is -0.122. The van der Waals surface area contributed by atoms with Crippen LogP contribution < -0.4 is 19.5 Å². The Morgan fingerprint density at radius 1 is 0.962 bits per heavy atom. The van der Waals surface area contributed by atoms with Crippen LogP contribution in [0, 0.1) is 6.92 Å². The summed E-state index contributed by atoms with van der Waals surface area (Å²) in [7, 11) is 3.12. The molecular formula is C21H27NO4. The van der Waals surface area contributed by atoms with Crippen LogP contribution >= 0.6 is 0 Å². The van der Waals surface area contributed by atoms with Gasteiger partial charge in [0.1, 0.15) is 17.2 Å². The first kappa shape index (κ1) is 19.6. The number of benzene rings is 2. The van der Waals surface area contributed by atoms with Crippen LogP contribution in [0.25, 0.3) is 0 Å². The van der Waals surface area contributed by atoms with Crippen LogP contribution in [0.15, 0.2) is 36.4 Å². The molecule has 0 aromatic heterocycles. The maximum absolute atomic E-state index is 12.5. The standard InChI is InChI=1S/C21H27NO4/c1-13(2)18-9-7-17(11-14(18)3)26-15(4)21(23)22-19-12-16(24-5)8-10-20(19)25-6/h7-13,15H,1-6H3,(H,22,23). The number of rotatable bonds is 7. The number of aryl methyl sites for hydroxylation is 1. The topological polar surface area (TPSA) is 56.8 Å². The third-order valence-corrected chi connectivity index (χ3v) is 4.21. The number of hydrogen-bond acceptors (Lipinski definition) is 4. The van der Waals surface area contributed by atoms with E-state index in [1.165, 1.54) is 5.56 Å². The van der Waals surface area contributed by atoms with Gasteiger partial charge in [-0.3, -0.25) is 4.79 Å². The molecule has 0 radical (unpaired) electrons. The number of ether oxygens (including phenoxy) is 3. The molecule has 1 unspecified atom stereocenters. The highest BCUT2D eigenvalue weighted by atomic mass is 16.5. The second-order valence-corrected chi connectivity index (χ2v) is 6.49. The molecule has 0 aliphatic carbocycles. The zero-order valence-electron chi connectivity index (χ0n) is 16.3. The summed E-state index contributed by atoms with van der Waals surface area (Å²) < 4.78 is 16.3. The first-order chi connectivity index (χ1) is 12.3. The summed E-state index contributed by atoms with van der Waals surface area (Å²) in [4.78, 5) is 12.5. The molecule has 2 aromatic carbocycles. The molecule has 0 spiro atoms. The van der Waals surface area contributed by atoms with Crippen LogP contribution in [-0.2, 0) is 4.79 Å². The average Bonchev–Trinajstić information content (AvgIpc) is 2.61. The van der Waals surface area contributed by atoms with E-state index >= 15 is 0 Å². The minimum absolute atomic E-state index is 0.262. The molecule has 26 heavy (non-hydrogen) atoms. The van der Waals surface area contributed by atoms with Gasteiger partial charge in [0.15, 0.2) is 6.10 Å². The molecule has 0 saturated heterocycles. The fourth-order valence-corrected chi connectivity index (χ4v) is 2.77. The molecule has 140 valence electrons. The monoisotopic (exact) mass is 357 g/mol. The van der Waals surface area contributed by atoms with E-state index in [1.807, 2.05) is 25.1 Å². The second-order valence-electron chi connectivity index (χ2n) is 6.49. The lowest BCUT2D eigenvalue weighted by Crippen LogP contribution is -2.30. The van der Waals surface area contributed by atoms with Crippen molar-refractivity contribution in [1.29, 1.82) is 0 Å². The largest absolute Gasteiger partial charge is 0.497 e. The number of carbonyl (C=O) groups excluding carboxylic acids is 1. The molecule has 1 atom stereocenters. The number of anilines is 1. The predicted octanol–water partition coefficient (Wildman–Crippen LogP) is 4.54. The lowest BCUT2D eigenvalue weighted by atomic mass is 9.98. The number of nitrogens with one attached hydrogen (secondary N) is 1. The minimum Gasteiger partial charge on any atom is -0.497 e. The highest BCUT2D eigenvalue weighted by Crippen LogP contribution is 2.29. The highest BCUT2D eigenvalue weighted by molar-refractivity contribution is 5.95. The molecule has 0 saturated carbocycles. The van der Waals surface area contributed by atoms with E-state index in [0.29, 0.717) is 28.9 Å². The van der Waals surface area contributed by atoms with Crippen LogP contribution in [0.5, 0.6) is 17.2 Å². The van der Waals surface area contributed by atoms with Crippen LogP contribution in [-0.4, -0.2) is 26.2 Å². The van der Waals surface area contributed by atoms with E-state index in [4.69, 9.17) is 14.2 Å². The van der Waals surface area contributed by atoms with Crippen molar-refractivity contribution in [1.82, 2.24) is 0 Å². The quantitative estimate of drug-likeness (QED) is 0.790. The molecular weight excluding hydrogens is 330 g/mol. The van der Waals surface area contributed by atoms with Crippen molar-refractivity contribution in [2.45, 2.75) is 39.7 Å².